The average Bonchev–Trinajstić information content (AvgIpc) is 2.55. The van der Waals surface area contributed by atoms with Gasteiger partial charge in [0.1, 0.15) is 5.65 Å². The van der Waals surface area contributed by atoms with Crippen LogP contribution < -0.4 is 16.6 Å². The summed E-state index contributed by atoms with van der Waals surface area (Å²) >= 11 is 0. The number of aryl methyl sites for hydroxylation is 1. The molecule has 2 aromatic rings. The monoisotopic (exact) mass is 330 g/mol. The van der Waals surface area contributed by atoms with Crippen molar-refractivity contribution in [2.24, 2.45) is 5.92 Å². The third-order valence-electron chi connectivity index (χ3n) is 4.68. The second-order valence-electron chi connectivity index (χ2n) is 6.54. The van der Waals surface area contributed by atoms with Crippen LogP contribution in [0.4, 0.5) is 0 Å². The van der Waals surface area contributed by atoms with E-state index in [1.165, 1.54) is 23.3 Å². The van der Waals surface area contributed by atoms with E-state index in [2.05, 4.69) is 22.2 Å². The summed E-state index contributed by atoms with van der Waals surface area (Å²) in [5, 5.41) is 3.28. The number of carbonyl (C=O) groups excluding carboxylic acids is 1. The van der Waals surface area contributed by atoms with Crippen molar-refractivity contribution in [1.29, 1.82) is 0 Å². The van der Waals surface area contributed by atoms with Crippen LogP contribution >= 0.6 is 0 Å². The first-order chi connectivity index (χ1) is 11.5. The van der Waals surface area contributed by atoms with Crippen molar-refractivity contribution in [3.05, 3.63) is 38.7 Å². The number of amides is 1. The molecule has 2 N–H and O–H groups in total. The Hall–Kier alpha value is -2.44. The Labute approximate surface area is 139 Å². The van der Waals surface area contributed by atoms with Crippen LogP contribution in [0.5, 0.6) is 0 Å². The van der Waals surface area contributed by atoms with Crippen LogP contribution in [0.15, 0.2) is 21.9 Å². The molecule has 24 heavy (non-hydrogen) atoms. The van der Waals surface area contributed by atoms with Gasteiger partial charge in [-0.1, -0.05) is 19.8 Å². The molecule has 128 valence electrons. The van der Waals surface area contributed by atoms with Crippen molar-refractivity contribution in [1.82, 2.24) is 19.9 Å². The summed E-state index contributed by atoms with van der Waals surface area (Å²) in [6.45, 7) is 4.38. The fraction of sp³-hybridized carbons (Fsp3) is 0.529. The van der Waals surface area contributed by atoms with E-state index in [4.69, 9.17) is 0 Å². The Balaban J connectivity index is 1.92. The van der Waals surface area contributed by atoms with Gasteiger partial charge in [-0.15, -0.1) is 0 Å². The lowest BCUT2D eigenvalue weighted by atomic mass is 9.87. The molecule has 2 heterocycles. The van der Waals surface area contributed by atoms with Crippen molar-refractivity contribution in [2.75, 3.05) is 0 Å². The molecule has 2 aromatic heterocycles. The zero-order valence-electron chi connectivity index (χ0n) is 14.0. The Morgan fingerprint density at radius 2 is 2.21 bits per heavy atom. The Bertz CT molecular complexity index is 884. The van der Waals surface area contributed by atoms with Gasteiger partial charge < -0.3 is 5.32 Å². The third-order valence-corrected chi connectivity index (χ3v) is 4.68. The quantitative estimate of drug-likeness (QED) is 0.889. The predicted octanol–water partition coefficient (Wildman–Crippen LogP) is 1.41. The normalized spacial score (nSPS) is 20.9. The lowest BCUT2D eigenvalue weighted by molar-refractivity contribution is 0.0921. The summed E-state index contributed by atoms with van der Waals surface area (Å²) in [6, 6.07) is 1.67. The molecule has 0 aliphatic heterocycles. The number of pyridine rings is 1. The number of nitrogens with one attached hydrogen (secondary N) is 2. The molecule has 0 saturated heterocycles. The molecule has 0 aromatic carbocycles. The average molecular weight is 330 g/mol. The van der Waals surface area contributed by atoms with Crippen LogP contribution in [0.1, 0.15) is 49.9 Å². The first-order valence-electron chi connectivity index (χ1n) is 8.43. The summed E-state index contributed by atoms with van der Waals surface area (Å²) in [5.41, 5.74) is -0.370. The molecule has 1 amide bonds. The molecule has 7 heteroatoms. The number of fused-ring (bicyclic) bond motifs is 1. The van der Waals surface area contributed by atoms with E-state index in [1.54, 1.807) is 6.92 Å². The smallest absolute Gasteiger partial charge is 0.329 e. The van der Waals surface area contributed by atoms with Crippen LogP contribution in [-0.2, 0) is 6.54 Å². The highest BCUT2D eigenvalue weighted by molar-refractivity contribution is 5.96. The molecule has 0 spiro atoms. The lowest BCUT2D eigenvalue weighted by Gasteiger charge is -2.27. The minimum Gasteiger partial charge on any atom is -0.349 e. The fourth-order valence-electron chi connectivity index (χ4n) is 3.42. The first-order valence-corrected chi connectivity index (χ1v) is 8.43. The van der Waals surface area contributed by atoms with Crippen LogP contribution in [0, 0.1) is 5.92 Å². The maximum atomic E-state index is 12.5. The van der Waals surface area contributed by atoms with Crippen LogP contribution in [0.25, 0.3) is 11.0 Å². The van der Waals surface area contributed by atoms with E-state index >= 15 is 0 Å². The summed E-state index contributed by atoms with van der Waals surface area (Å²) in [6.07, 6.45) is 5.70. The number of rotatable bonds is 3. The van der Waals surface area contributed by atoms with Crippen molar-refractivity contribution in [2.45, 2.75) is 52.1 Å². The highest BCUT2D eigenvalue weighted by atomic mass is 16.2. The van der Waals surface area contributed by atoms with Crippen molar-refractivity contribution in [3.8, 4) is 0 Å². The van der Waals surface area contributed by atoms with Gasteiger partial charge >= 0.3 is 5.69 Å². The maximum Gasteiger partial charge on any atom is 0.329 e. The standard InChI is InChI=1S/C17H22N4O3/c1-3-21-14-13(16(23)20-17(21)24)8-11(9-18-14)15(22)19-12-6-4-5-10(2)7-12/h8-10,12H,3-7H2,1-2H3,(H,19,22)(H,20,23,24). The SMILES string of the molecule is CCn1c(=O)[nH]c(=O)c2cc(C(=O)NC3CCCC(C)C3)cnc21. The van der Waals surface area contributed by atoms with Gasteiger partial charge in [0, 0.05) is 18.8 Å². The summed E-state index contributed by atoms with van der Waals surface area (Å²) in [7, 11) is 0. The Morgan fingerprint density at radius 1 is 1.42 bits per heavy atom. The summed E-state index contributed by atoms with van der Waals surface area (Å²) in [5.74, 6) is 0.387. The van der Waals surface area contributed by atoms with Gasteiger partial charge in [0.15, 0.2) is 0 Å². The highest BCUT2D eigenvalue weighted by Gasteiger charge is 2.21. The molecule has 3 rings (SSSR count). The molecule has 2 atom stereocenters. The zero-order chi connectivity index (χ0) is 17.3. The zero-order valence-corrected chi connectivity index (χ0v) is 14.0. The molecule has 7 nitrogen and oxygen atoms in total. The summed E-state index contributed by atoms with van der Waals surface area (Å²) < 4.78 is 1.38. The number of H-pyrrole nitrogens is 1. The van der Waals surface area contributed by atoms with Crippen LogP contribution in [0.3, 0.4) is 0 Å². The molecule has 2 unspecified atom stereocenters. The number of hydrogen-bond donors (Lipinski definition) is 2. The molecule has 0 bridgehead atoms. The lowest BCUT2D eigenvalue weighted by Crippen LogP contribution is -2.38. The van der Waals surface area contributed by atoms with E-state index < -0.39 is 11.2 Å². The van der Waals surface area contributed by atoms with Crippen molar-refractivity contribution in [3.63, 3.8) is 0 Å². The van der Waals surface area contributed by atoms with Gasteiger partial charge in [-0.05, 0) is 31.7 Å². The van der Waals surface area contributed by atoms with Crippen LogP contribution in [0.2, 0.25) is 0 Å². The topological polar surface area (TPSA) is 96.9 Å². The van der Waals surface area contributed by atoms with E-state index in [-0.39, 0.29) is 17.3 Å². The largest absolute Gasteiger partial charge is 0.349 e. The number of hydrogen-bond acceptors (Lipinski definition) is 4. The molecular weight excluding hydrogens is 308 g/mol. The Morgan fingerprint density at radius 3 is 2.92 bits per heavy atom. The van der Waals surface area contributed by atoms with Crippen molar-refractivity contribution >= 4 is 16.9 Å². The first kappa shape index (κ1) is 16.4. The van der Waals surface area contributed by atoms with Crippen LogP contribution in [-0.4, -0.2) is 26.5 Å². The van der Waals surface area contributed by atoms with Gasteiger partial charge in [0.2, 0.25) is 0 Å². The predicted molar refractivity (Wildman–Crippen MR) is 91.2 cm³/mol. The van der Waals surface area contributed by atoms with Gasteiger partial charge in [0.25, 0.3) is 11.5 Å². The summed E-state index contributed by atoms with van der Waals surface area (Å²) in [4.78, 5) is 42.7. The molecule has 1 aliphatic carbocycles. The van der Waals surface area contributed by atoms with E-state index in [0.717, 1.165) is 19.3 Å². The van der Waals surface area contributed by atoms with Gasteiger partial charge in [-0.3, -0.25) is 19.1 Å². The molecular formula is C17H22N4O3. The fourth-order valence-corrected chi connectivity index (χ4v) is 3.42. The number of aromatic amines is 1. The number of carbonyl (C=O) groups is 1. The second kappa shape index (κ2) is 6.59. The number of aromatic nitrogens is 3. The minimum atomic E-state index is -0.520. The van der Waals surface area contributed by atoms with Gasteiger partial charge in [-0.2, -0.15) is 0 Å². The number of nitrogens with zero attached hydrogens (tertiary/aromatic N) is 2. The molecule has 1 fully saturated rings. The van der Waals surface area contributed by atoms with Crippen molar-refractivity contribution < 1.29 is 4.79 Å². The third kappa shape index (κ3) is 3.11. The molecule has 1 saturated carbocycles. The molecule has 0 radical (unpaired) electrons. The Kier molecular flexibility index (Phi) is 4.51. The van der Waals surface area contributed by atoms with E-state index in [0.29, 0.717) is 23.7 Å². The van der Waals surface area contributed by atoms with E-state index in [9.17, 15) is 14.4 Å². The molecule has 1 aliphatic rings. The second-order valence-corrected chi connectivity index (χ2v) is 6.54. The highest BCUT2D eigenvalue weighted by Crippen LogP contribution is 2.23. The maximum absolute atomic E-state index is 12.5. The van der Waals surface area contributed by atoms with E-state index in [1.807, 2.05) is 0 Å². The van der Waals surface area contributed by atoms with Gasteiger partial charge in [0.05, 0.1) is 10.9 Å². The minimum absolute atomic E-state index is 0.167. The van der Waals surface area contributed by atoms with Gasteiger partial charge in [-0.25, -0.2) is 9.78 Å².